The molecule has 0 bridgehead atoms. The summed E-state index contributed by atoms with van der Waals surface area (Å²) in [5.74, 6) is 0.934. The second-order valence-electron chi connectivity index (χ2n) is 6.83. The zero-order chi connectivity index (χ0) is 20.8. The van der Waals surface area contributed by atoms with Gasteiger partial charge in [-0.2, -0.15) is 0 Å². The number of rotatable bonds is 8. The summed E-state index contributed by atoms with van der Waals surface area (Å²) < 4.78 is 10.7. The maximum atomic E-state index is 12.5. The van der Waals surface area contributed by atoms with E-state index in [1.54, 1.807) is 0 Å². The van der Waals surface area contributed by atoms with Crippen molar-refractivity contribution in [2.45, 2.75) is 27.3 Å². The van der Waals surface area contributed by atoms with Gasteiger partial charge in [-0.05, 0) is 55.8 Å². The van der Waals surface area contributed by atoms with Crippen LogP contribution in [0.3, 0.4) is 0 Å². The first-order valence-corrected chi connectivity index (χ1v) is 9.79. The highest BCUT2D eigenvalue weighted by Crippen LogP contribution is 2.32. The molecule has 3 rings (SSSR count). The van der Waals surface area contributed by atoms with Gasteiger partial charge < -0.3 is 24.6 Å². The molecule has 2 aromatic carbocycles. The van der Waals surface area contributed by atoms with Gasteiger partial charge >= 0.3 is 0 Å². The van der Waals surface area contributed by atoms with Crippen molar-refractivity contribution in [3.05, 3.63) is 48.0 Å². The van der Waals surface area contributed by atoms with Crippen LogP contribution < -0.4 is 19.7 Å². The Morgan fingerprint density at radius 1 is 1.00 bits per heavy atom. The quantitative estimate of drug-likeness (QED) is 0.740. The highest BCUT2D eigenvalue weighted by atomic mass is 16.7. The summed E-state index contributed by atoms with van der Waals surface area (Å²) in [5, 5.41) is 2.86. The minimum atomic E-state index is -0.239. The van der Waals surface area contributed by atoms with Crippen LogP contribution in [0.25, 0.3) is 0 Å². The molecule has 2 amide bonds. The van der Waals surface area contributed by atoms with E-state index in [4.69, 9.17) is 9.47 Å². The number of carbonyl (C=O) groups excluding carboxylic acids is 2. The Balaban J connectivity index is 1.60. The summed E-state index contributed by atoms with van der Waals surface area (Å²) in [5.41, 5.74) is 2.69. The zero-order valence-electron chi connectivity index (χ0n) is 17.1. The van der Waals surface area contributed by atoms with Crippen molar-refractivity contribution in [3.8, 4) is 11.5 Å². The molecule has 0 saturated heterocycles. The number of nitrogens with zero attached hydrogens (tertiary/aromatic N) is 2. The zero-order valence-corrected chi connectivity index (χ0v) is 17.1. The molecule has 0 fully saturated rings. The number of carbonyl (C=O) groups is 2. The molecule has 1 aliphatic heterocycles. The van der Waals surface area contributed by atoms with E-state index in [0.717, 1.165) is 24.3 Å². The van der Waals surface area contributed by atoms with Crippen LogP contribution in [0.2, 0.25) is 0 Å². The van der Waals surface area contributed by atoms with Crippen molar-refractivity contribution in [3.63, 3.8) is 0 Å². The number of hydrogen-bond donors (Lipinski definition) is 1. The third-order valence-electron chi connectivity index (χ3n) is 4.87. The van der Waals surface area contributed by atoms with E-state index in [1.165, 1.54) is 11.8 Å². The van der Waals surface area contributed by atoms with Gasteiger partial charge in [-0.15, -0.1) is 0 Å². The Morgan fingerprint density at radius 3 is 2.34 bits per heavy atom. The molecule has 0 atom stereocenters. The average Bonchev–Trinajstić information content (AvgIpc) is 3.17. The Hall–Kier alpha value is -3.22. The monoisotopic (exact) mass is 397 g/mol. The predicted octanol–water partition coefficient (Wildman–Crippen LogP) is 3.25. The number of nitrogens with one attached hydrogen (secondary N) is 1. The Morgan fingerprint density at radius 2 is 1.69 bits per heavy atom. The van der Waals surface area contributed by atoms with Gasteiger partial charge in [-0.1, -0.05) is 6.07 Å². The van der Waals surface area contributed by atoms with E-state index in [9.17, 15) is 9.59 Å². The Kier molecular flexibility index (Phi) is 6.59. The fourth-order valence-corrected chi connectivity index (χ4v) is 3.26. The summed E-state index contributed by atoms with van der Waals surface area (Å²) in [7, 11) is 0. The second-order valence-corrected chi connectivity index (χ2v) is 6.83. The SMILES string of the molecule is CCN(CC)c1ccc(NC(=O)CN(Cc2ccc3c(c2)OCO3)C(C)=O)cc1. The minimum Gasteiger partial charge on any atom is -0.454 e. The number of benzene rings is 2. The molecule has 2 aromatic rings. The highest BCUT2D eigenvalue weighted by molar-refractivity contribution is 5.94. The molecular formula is C22H27N3O4. The lowest BCUT2D eigenvalue weighted by Crippen LogP contribution is -2.36. The van der Waals surface area contributed by atoms with Crippen molar-refractivity contribution in [1.82, 2.24) is 4.90 Å². The third kappa shape index (κ3) is 5.19. The molecule has 0 aliphatic carbocycles. The summed E-state index contributed by atoms with van der Waals surface area (Å²) >= 11 is 0. The van der Waals surface area contributed by atoms with E-state index in [0.29, 0.717) is 23.7 Å². The molecule has 7 heteroatoms. The third-order valence-corrected chi connectivity index (χ3v) is 4.87. The molecule has 1 N–H and O–H groups in total. The lowest BCUT2D eigenvalue weighted by Gasteiger charge is -2.22. The van der Waals surface area contributed by atoms with Crippen LogP contribution in [0, 0.1) is 0 Å². The second kappa shape index (κ2) is 9.32. The number of ether oxygens (including phenoxy) is 2. The van der Waals surface area contributed by atoms with Crippen molar-refractivity contribution >= 4 is 23.2 Å². The van der Waals surface area contributed by atoms with Gasteiger partial charge in [0.05, 0.1) is 0 Å². The van der Waals surface area contributed by atoms with Crippen LogP contribution in [-0.2, 0) is 16.1 Å². The molecular weight excluding hydrogens is 370 g/mol. The maximum Gasteiger partial charge on any atom is 0.244 e. The molecule has 0 spiro atoms. The normalized spacial score (nSPS) is 11.8. The smallest absolute Gasteiger partial charge is 0.244 e. The van der Waals surface area contributed by atoms with Gasteiger partial charge in [0.15, 0.2) is 11.5 Å². The molecule has 0 aromatic heterocycles. The van der Waals surface area contributed by atoms with Crippen LogP contribution in [0.15, 0.2) is 42.5 Å². The lowest BCUT2D eigenvalue weighted by molar-refractivity contribution is -0.133. The van der Waals surface area contributed by atoms with Gasteiger partial charge in [-0.3, -0.25) is 9.59 Å². The summed E-state index contributed by atoms with van der Waals surface area (Å²) in [6, 6.07) is 13.2. The van der Waals surface area contributed by atoms with Gasteiger partial charge in [-0.25, -0.2) is 0 Å². The fourth-order valence-electron chi connectivity index (χ4n) is 3.26. The molecule has 0 saturated carbocycles. The van der Waals surface area contributed by atoms with Crippen LogP contribution in [0.1, 0.15) is 26.3 Å². The standard InChI is InChI=1S/C22H27N3O4/c1-4-24(5-2)19-9-7-18(8-10-19)23-22(27)14-25(16(3)26)13-17-6-11-20-21(12-17)29-15-28-20/h6-12H,4-5,13-15H2,1-3H3,(H,23,27). The molecule has 7 nitrogen and oxygen atoms in total. The molecule has 1 heterocycles. The molecule has 154 valence electrons. The number of anilines is 2. The first-order chi connectivity index (χ1) is 14.0. The van der Waals surface area contributed by atoms with E-state index in [1.807, 2.05) is 42.5 Å². The van der Waals surface area contributed by atoms with E-state index < -0.39 is 0 Å². The Bertz CT molecular complexity index is 863. The van der Waals surface area contributed by atoms with Gasteiger partial charge in [0.1, 0.15) is 6.54 Å². The van der Waals surface area contributed by atoms with Crippen molar-refractivity contribution in [1.29, 1.82) is 0 Å². The highest BCUT2D eigenvalue weighted by Gasteiger charge is 2.18. The van der Waals surface area contributed by atoms with Crippen molar-refractivity contribution < 1.29 is 19.1 Å². The van der Waals surface area contributed by atoms with Crippen LogP contribution in [-0.4, -0.2) is 43.1 Å². The van der Waals surface area contributed by atoms with Gasteiger partial charge in [0, 0.05) is 37.9 Å². The van der Waals surface area contributed by atoms with Crippen LogP contribution in [0.4, 0.5) is 11.4 Å². The maximum absolute atomic E-state index is 12.5. The van der Waals surface area contributed by atoms with Crippen LogP contribution >= 0.6 is 0 Å². The predicted molar refractivity (Wildman–Crippen MR) is 112 cm³/mol. The van der Waals surface area contributed by atoms with Gasteiger partial charge in [0.2, 0.25) is 18.6 Å². The fraction of sp³-hybridized carbons (Fsp3) is 0.364. The number of amides is 2. The Labute approximate surface area is 171 Å². The molecule has 0 radical (unpaired) electrons. The van der Waals surface area contributed by atoms with Crippen molar-refractivity contribution in [2.75, 3.05) is 36.6 Å². The number of fused-ring (bicyclic) bond motifs is 1. The van der Waals surface area contributed by atoms with E-state index in [-0.39, 0.29) is 25.2 Å². The number of hydrogen-bond acceptors (Lipinski definition) is 5. The van der Waals surface area contributed by atoms with E-state index >= 15 is 0 Å². The topological polar surface area (TPSA) is 71.1 Å². The first-order valence-electron chi connectivity index (χ1n) is 9.79. The largest absolute Gasteiger partial charge is 0.454 e. The van der Waals surface area contributed by atoms with Gasteiger partial charge in [0.25, 0.3) is 0 Å². The van der Waals surface area contributed by atoms with Crippen LogP contribution in [0.5, 0.6) is 11.5 Å². The molecule has 0 unspecified atom stereocenters. The minimum absolute atomic E-state index is 0.0262. The van der Waals surface area contributed by atoms with E-state index in [2.05, 4.69) is 24.1 Å². The lowest BCUT2D eigenvalue weighted by atomic mass is 10.2. The summed E-state index contributed by atoms with van der Waals surface area (Å²) in [6.07, 6.45) is 0. The summed E-state index contributed by atoms with van der Waals surface area (Å²) in [4.78, 5) is 28.2. The van der Waals surface area contributed by atoms with Crippen molar-refractivity contribution in [2.24, 2.45) is 0 Å². The summed E-state index contributed by atoms with van der Waals surface area (Å²) in [6.45, 7) is 8.02. The molecule has 1 aliphatic rings. The first kappa shape index (κ1) is 20.5. The molecule has 29 heavy (non-hydrogen) atoms. The average molecular weight is 397 g/mol.